The van der Waals surface area contributed by atoms with Gasteiger partial charge in [0.2, 0.25) is 0 Å². The molecule has 2 aliphatic heterocycles. The number of rotatable bonds is 3. The molecule has 0 spiro atoms. The number of pyridine rings is 1. The van der Waals surface area contributed by atoms with Crippen LogP contribution in [0, 0.1) is 0 Å². The molecule has 0 saturated carbocycles. The van der Waals surface area contributed by atoms with Crippen LogP contribution in [0.25, 0.3) is 0 Å². The van der Waals surface area contributed by atoms with Crippen LogP contribution in [-0.4, -0.2) is 41.0 Å². The number of nitrogens with one attached hydrogen (secondary N) is 1. The van der Waals surface area contributed by atoms with E-state index in [1.54, 1.807) is 12.3 Å². The predicted molar refractivity (Wildman–Crippen MR) is 78.4 cm³/mol. The van der Waals surface area contributed by atoms with Gasteiger partial charge >= 0.3 is 0 Å². The van der Waals surface area contributed by atoms with E-state index in [1.165, 1.54) is 25.8 Å². The summed E-state index contributed by atoms with van der Waals surface area (Å²) in [6.07, 6.45) is 6.41. The van der Waals surface area contributed by atoms with Crippen LogP contribution in [0.5, 0.6) is 0 Å². The zero-order valence-electron chi connectivity index (χ0n) is 11.5. The number of carbonyl (C=O) groups is 1. The topological polar surface area (TPSA) is 97.3 Å². The number of anilines is 2. The molecule has 3 rings (SSSR count). The molecule has 2 atom stereocenters. The molecular weight excluding hydrogens is 254 g/mol. The molecule has 2 fully saturated rings. The Labute approximate surface area is 118 Å². The number of nitrogen functional groups attached to an aromatic ring is 1. The van der Waals surface area contributed by atoms with E-state index < -0.39 is 5.91 Å². The smallest absolute Gasteiger partial charge is 0.252 e. The van der Waals surface area contributed by atoms with Crippen molar-refractivity contribution in [3.8, 4) is 0 Å². The number of nitrogens with zero attached hydrogens (tertiary/aromatic N) is 2. The minimum Gasteiger partial charge on any atom is -0.397 e. The van der Waals surface area contributed by atoms with E-state index in [0.717, 1.165) is 13.0 Å². The Morgan fingerprint density at radius 3 is 3.00 bits per heavy atom. The molecule has 108 valence electrons. The highest BCUT2D eigenvalue weighted by Gasteiger charge is 2.35. The molecule has 0 bridgehead atoms. The van der Waals surface area contributed by atoms with Gasteiger partial charge in [-0.15, -0.1) is 0 Å². The number of fused-ring (bicyclic) bond motifs is 1. The Kier molecular flexibility index (Phi) is 3.48. The number of nitrogens with two attached hydrogens (primary N) is 2. The van der Waals surface area contributed by atoms with Gasteiger partial charge in [-0.2, -0.15) is 0 Å². The fourth-order valence-corrected chi connectivity index (χ4v) is 3.38. The minimum absolute atomic E-state index is 0.338. The Hall–Kier alpha value is -1.82. The number of piperidine rings is 1. The van der Waals surface area contributed by atoms with Gasteiger partial charge in [0.15, 0.2) is 0 Å². The lowest BCUT2D eigenvalue weighted by molar-refractivity contribution is 0.100. The summed E-state index contributed by atoms with van der Waals surface area (Å²) < 4.78 is 0. The molecule has 0 aliphatic carbocycles. The number of primary amides is 1. The second kappa shape index (κ2) is 5.28. The molecule has 0 radical (unpaired) electrons. The van der Waals surface area contributed by atoms with Crippen molar-refractivity contribution in [3.05, 3.63) is 17.8 Å². The molecule has 2 saturated heterocycles. The molecule has 2 unspecified atom stereocenters. The Morgan fingerprint density at radius 2 is 2.20 bits per heavy atom. The van der Waals surface area contributed by atoms with Gasteiger partial charge in [0, 0.05) is 18.6 Å². The monoisotopic (exact) mass is 275 g/mol. The minimum atomic E-state index is -0.495. The van der Waals surface area contributed by atoms with Crippen LogP contribution >= 0.6 is 0 Å². The zero-order chi connectivity index (χ0) is 14.1. The maximum Gasteiger partial charge on any atom is 0.252 e. The van der Waals surface area contributed by atoms with Crippen LogP contribution in [0.2, 0.25) is 0 Å². The number of carbonyl (C=O) groups excluding carboxylic acids is 1. The van der Waals surface area contributed by atoms with Crippen LogP contribution in [0.1, 0.15) is 36.0 Å². The van der Waals surface area contributed by atoms with Crippen LogP contribution in [0.3, 0.4) is 0 Å². The van der Waals surface area contributed by atoms with Crippen molar-refractivity contribution < 1.29 is 4.79 Å². The zero-order valence-corrected chi connectivity index (χ0v) is 11.5. The van der Waals surface area contributed by atoms with Crippen molar-refractivity contribution in [1.82, 2.24) is 9.88 Å². The second-order valence-corrected chi connectivity index (χ2v) is 5.67. The van der Waals surface area contributed by atoms with Gasteiger partial charge in [-0.1, -0.05) is 6.42 Å². The first-order chi connectivity index (χ1) is 9.65. The summed E-state index contributed by atoms with van der Waals surface area (Å²) in [5.74, 6) is 0.0647. The Morgan fingerprint density at radius 1 is 1.35 bits per heavy atom. The third-order valence-electron chi connectivity index (χ3n) is 4.35. The van der Waals surface area contributed by atoms with Crippen molar-refractivity contribution in [2.24, 2.45) is 5.73 Å². The average Bonchev–Trinajstić information content (AvgIpc) is 2.84. The molecule has 3 heterocycles. The Bertz CT molecular complexity index is 518. The number of amides is 1. The first-order valence-electron chi connectivity index (χ1n) is 7.21. The average molecular weight is 275 g/mol. The third-order valence-corrected chi connectivity index (χ3v) is 4.35. The molecule has 1 aromatic rings. The molecule has 5 N–H and O–H groups in total. The molecule has 1 amide bonds. The van der Waals surface area contributed by atoms with Crippen LogP contribution < -0.4 is 16.8 Å². The van der Waals surface area contributed by atoms with Crippen LogP contribution in [0.4, 0.5) is 11.5 Å². The van der Waals surface area contributed by atoms with Gasteiger partial charge in [-0.3, -0.25) is 9.69 Å². The van der Waals surface area contributed by atoms with E-state index in [1.807, 2.05) is 0 Å². The van der Waals surface area contributed by atoms with Crippen molar-refractivity contribution in [2.45, 2.75) is 37.8 Å². The summed E-state index contributed by atoms with van der Waals surface area (Å²) in [7, 11) is 0. The molecular formula is C14H21N5O. The summed E-state index contributed by atoms with van der Waals surface area (Å²) in [4.78, 5) is 18.3. The van der Waals surface area contributed by atoms with E-state index in [9.17, 15) is 4.79 Å². The third kappa shape index (κ3) is 2.43. The lowest BCUT2D eigenvalue weighted by Crippen LogP contribution is -2.42. The number of hydrogen-bond donors (Lipinski definition) is 3. The standard InChI is InChI=1S/C14H21N5O/c15-9-7-10(13(16)20)14(17-8-9)18-11-4-6-19-5-2-1-3-12(11)19/h7-8,11-12H,1-6,15H2,(H2,16,20)(H,17,18). The van der Waals surface area contributed by atoms with Gasteiger partial charge in [0.25, 0.3) is 5.91 Å². The summed E-state index contributed by atoms with van der Waals surface area (Å²) in [6.45, 7) is 2.30. The maximum atomic E-state index is 11.5. The molecule has 6 nitrogen and oxygen atoms in total. The van der Waals surface area contributed by atoms with E-state index in [-0.39, 0.29) is 0 Å². The highest BCUT2D eigenvalue weighted by Crippen LogP contribution is 2.29. The van der Waals surface area contributed by atoms with Crippen molar-refractivity contribution in [1.29, 1.82) is 0 Å². The molecule has 20 heavy (non-hydrogen) atoms. The van der Waals surface area contributed by atoms with Crippen molar-refractivity contribution >= 4 is 17.4 Å². The molecule has 1 aromatic heterocycles. The lowest BCUT2D eigenvalue weighted by atomic mass is 9.99. The quantitative estimate of drug-likeness (QED) is 0.758. The first-order valence-corrected chi connectivity index (χ1v) is 7.21. The number of hydrogen-bond acceptors (Lipinski definition) is 5. The summed E-state index contributed by atoms with van der Waals surface area (Å²) in [5, 5.41) is 3.41. The van der Waals surface area contributed by atoms with E-state index in [2.05, 4.69) is 15.2 Å². The normalized spacial score (nSPS) is 26.2. The SMILES string of the molecule is NC(=O)c1cc(N)cnc1NC1CCN2CCCCC12. The van der Waals surface area contributed by atoms with Crippen LogP contribution in [0.15, 0.2) is 12.3 Å². The largest absolute Gasteiger partial charge is 0.397 e. The Balaban J connectivity index is 1.79. The fourth-order valence-electron chi connectivity index (χ4n) is 3.38. The van der Waals surface area contributed by atoms with Gasteiger partial charge in [-0.05, 0) is 31.9 Å². The maximum absolute atomic E-state index is 11.5. The van der Waals surface area contributed by atoms with Crippen molar-refractivity contribution in [2.75, 3.05) is 24.1 Å². The van der Waals surface area contributed by atoms with Crippen LogP contribution in [-0.2, 0) is 0 Å². The van der Waals surface area contributed by atoms with Gasteiger partial charge < -0.3 is 16.8 Å². The van der Waals surface area contributed by atoms with E-state index >= 15 is 0 Å². The predicted octanol–water partition coefficient (Wildman–Crippen LogP) is 0.801. The lowest BCUT2D eigenvalue weighted by Gasteiger charge is -2.32. The highest BCUT2D eigenvalue weighted by atomic mass is 16.1. The first kappa shape index (κ1) is 13.2. The summed E-state index contributed by atoms with van der Waals surface area (Å²) in [6, 6.07) is 2.47. The molecule has 6 heteroatoms. The highest BCUT2D eigenvalue weighted by molar-refractivity contribution is 5.98. The van der Waals surface area contributed by atoms with Crippen molar-refractivity contribution in [3.63, 3.8) is 0 Å². The summed E-state index contributed by atoms with van der Waals surface area (Å²) in [5.41, 5.74) is 11.9. The fraction of sp³-hybridized carbons (Fsp3) is 0.571. The number of aromatic nitrogens is 1. The molecule has 2 aliphatic rings. The molecule has 0 aromatic carbocycles. The van der Waals surface area contributed by atoms with E-state index in [4.69, 9.17) is 11.5 Å². The second-order valence-electron chi connectivity index (χ2n) is 5.67. The van der Waals surface area contributed by atoms with Gasteiger partial charge in [0.1, 0.15) is 5.82 Å². The van der Waals surface area contributed by atoms with E-state index in [0.29, 0.717) is 29.2 Å². The summed E-state index contributed by atoms with van der Waals surface area (Å²) >= 11 is 0. The van der Waals surface area contributed by atoms with Gasteiger partial charge in [-0.25, -0.2) is 4.98 Å². The van der Waals surface area contributed by atoms with Gasteiger partial charge in [0.05, 0.1) is 17.4 Å².